The maximum Gasteiger partial charge on any atom is 0.232 e. The van der Waals surface area contributed by atoms with E-state index in [1.165, 1.54) is 9.87 Å². The minimum Gasteiger partial charge on any atom is -0.492 e. The second kappa shape index (κ2) is 13.2. The van der Waals surface area contributed by atoms with Crippen molar-refractivity contribution >= 4 is 33.2 Å². The molecule has 0 aliphatic carbocycles. The second-order valence-electron chi connectivity index (χ2n) is 8.16. The Morgan fingerprint density at radius 2 is 1.72 bits per heavy atom. The highest BCUT2D eigenvalue weighted by Gasteiger charge is 2.22. The van der Waals surface area contributed by atoms with Crippen molar-refractivity contribution < 1.29 is 22.7 Å². The van der Waals surface area contributed by atoms with E-state index in [0.717, 1.165) is 18.4 Å². The van der Waals surface area contributed by atoms with Crippen LogP contribution in [-0.2, 0) is 21.2 Å². The van der Waals surface area contributed by atoms with Gasteiger partial charge in [0.25, 0.3) is 0 Å². The molecule has 0 aliphatic rings. The highest BCUT2D eigenvalue weighted by Crippen LogP contribution is 2.36. The SMILES string of the molecule is CCc1ccc(OCCNC(=O)CCCN(c2cc(Cl)ccc2Oc2ccccc2)S(C)(=O)=O)cc1. The molecule has 0 aliphatic heterocycles. The molecule has 0 aromatic heterocycles. The van der Waals surface area contributed by atoms with Crippen LogP contribution in [0, 0.1) is 0 Å². The maximum atomic E-state index is 12.6. The van der Waals surface area contributed by atoms with Crippen molar-refractivity contribution in [3.8, 4) is 17.2 Å². The van der Waals surface area contributed by atoms with E-state index >= 15 is 0 Å². The van der Waals surface area contributed by atoms with Gasteiger partial charge in [-0.2, -0.15) is 0 Å². The summed E-state index contributed by atoms with van der Waals surface area (Å²) in [6.45, 7) is 2.88. The van der Waals surface area contributed by atoms with Crippen LogP contribution >= 0.6 is 11.6 Å². The average Bonchev–Trinajstić information content (AvgIpc) is 2.86. The molecule has 1 amide bonds. The topological polar surface area (TPSA) is 84.9 Å². The highest BCUT2D eigenvalue weighted by atomic mass is 35.5. The summed E-state index contributed by atoms with van der Waals surface area (Å²) >= 11 is 6.18. The lowest BCUT2D eigenvalue weighted by Gasteiger charge is -2.25. The number of aryl methyl sites for hydroxylation is 1. The van der Waals surface area contributed by atoms with Crippen molar-refractivity contribution in [1.29, 1.82) is 0 Å². The van der Waals surface area contributed by atoms with E-state index in [0.29, 0.717) is 41.8 Å². The standard InChI is InChI=1S/C27H31ClN2O5S/c1-3-21-11-14-23(15-12-21)34-19-17-29-27(31)10-7-18-30(36(2,32)33)25-20-22(28)13-16-26(25)35-24-8-5-4-6-9-24/h4-6,8-9,11-16,20H,3,7,10,17-19H2,1-2H3,(H,29,31). The van der Waals surface area contributed by atoms with Crippen molar-refractivity contribution in [2.75, 3.05) is 30.3 Å². The van der Waals surface area contributed by atoms with Crippen LogP contribution < -0.4 is 19.1 Å². The van der Waals surface area contributed by atoms with Gasteiger partial charge in [0.15, 0.2) is 5.75 Å². The fourth-order valence-electron chi connectivity index (χ4n) is 3.50. The molecule has 1 N–H and O–H groups in total. The van der Waals surface area contributed by atoms with Crippen LogP contribution in [0.1, 0.15) is 25.3 Å². The van der Waals surface area contributed by atoms with Gasteiger partial charge < -0.3 is 14.8 Å². The van der Waals surface area contributed by atoms with Gasteiger partial charge in [0.05, 0.1) is 18.5 Å². The number of amides is 1. The Hall–Kier alpha value is -3.23. The van der Waals surface area contributed by atoms with E-state index < -0.39 is 10.0 Å². The van der Waals surface area contributed by atoms with Gasteiger partial charge in [-0.1, -0.05) is 48.9 Å². The molecule has 36 heavy (non-hydrogen) atoms. The molecular formula is C27H31ClN2O5S. The van der Waals surface area contributed by atoms with Crippen molar-refractivity contribution in [2.45, 2.75) is 26.2 Å². The molecule has 0 fully saturated rings. The Balaban J connectivity index is 1.54. The molecule has 0 bridgehead atoms. The molecule has 3 aromatic rings. The number of ether oxygens (including phenoxy) is 2. The fraction of sp³-hybridized carbons (Fsp3) is 0.296. The molecule has 0 saturated carbocycles. The van der Waals surface area contributed by atoms with Gasteiger partial charge >= 0.3 is 0 Å². The molecular weight excluding hydrogens is 500 g/mol. The van der Waals surface area contributed by atoms with E-state index in [-0.39, 0.29) is 18.9 Å². The largest absolute Gasteiger partial charge is 0.492 e. The van der Waals surface area contributed by atoms with Crippen molar-refractivity contribution in [3.05, 3.63) is 83.4 Å². The summed E-state index contributed by atoms with van der Waals surface area (Å²) in [5, 5.41) is 3.18. The van der Waals surface area contributed by atoms with Gasteiger partial charge in [-0.05, 0) is 60.9 Å². The van der Waals surface area contributed by atoms with Crippen LogP contribution in [0.15, 0.2) is 72.8 Å². The molecule has 3 aromatic carbocycles. The van der Waals surface area contributed by atoms with E-state index in [2.05, 4.69) is 12.2 Å². The van der Waals surface area contributed by atoms with Crippen molar-refractivity contribution in [2.24, 2.45) is 0 Å². The number of carbonyl (C=O) groups excluding carboxylic acids is 1. The quantitative estimate of drug-likeness (QED) is 0.298. The molecule has 0 heterocycles. The first-order valence-electron chi connectivity index (χ1n) is 11.7. The first-order chi connectivity index (χ1) is 17.3. The van der Waals surface area contributed by atoms with Gasteiger partial charge in [-0.3, -0.25) is 9.10 Å². The number of sulfonamides is 1. The van der Waals surface area contributed by atoms with Crippen LogP contribution in [0.2, 0.25) is 5.02 Å². The molecule has 0 radical (unpaired) electrons. The second-order valence-corrected chi connectivity index (χ2v) is 10.5. The Morgan fingerprint density at radius 1 is 1.00 bits per heavy atom. The minimum atomic E-state index is -3.66. The molecule has 9 heteroatoms. The molecule has 3 rings (SSSR count). The molecule has 0 saturated heterocycles. The van der Waals surface area contributed by atoms with Crippen LogP contribution in [0.25, 0.3) is 0 Å². The van der Waals surface area contributed by atoms with Gasteiger partial charge in [0.2, 0.25) is 15.9 Å². The Bertz CT molecular complexity index is 1230. The number of carbonyl (C=O) groups is 1. The summed E-state index contributed by atoms with van der Waals surface area (Å²) in [6, 6.07) is 21.7. The zero-order valence-corrected chi connectivity index (χ0v) is 22.0. The van der Waals surface area contributed by atoms with Gasteiger partial charge in [-0.25, -0.2) is 8.42 Å². The number of benzene rings is 3. The number of para-hydroxylation sites is 1. The third-order valence-corrected chi connectivity index (χ3v) is 6.77. The fourth-order valence-corrected chi connectivity index (χ4v) is 4.63. The third-order valence-electron chi connectivity index (χ3n) is 5.35. The predicted molar refractivity (Wildman–Crippen MR) is 144 cm³/mol. The first kappa shape index (κ1) is 27.4. The number of halogens is 1. The minimum absolute atomic E-state index is 0.0953. The number of hydrogen-bond acceptors (Lipinski definition) is 5. The molecule has 7 nitrogen and oxygen atoms in total. The molecule has 0 unspecified atom stereocenters. The van der Waals surface area contributed by atoms with Crippen LogP contribution in [-0.4, -0.2) is 40.3 Å². The monoisotopic (exact) mass is 530 g/mol. The summed E-state index contributed by atoms with van der Waals surface area (Å²) in [6.07, 6.45) is 2.55. The summed E-state index contributed by atoms with van der Waals surface area (Å²) < 4.78 is 38.0. The molecule has 0 atom stereocenters. The maximum absolute atomic E-state index is 12.6. The summed E-state index contributed by atoms with van der Waals surface area (Å²) in [4.78, 5) is 12.3. The van der Waals surface area contributed by atoms with Gasteiger partial charge in [0.1, 0.15) is 18.1 Å². The number of rotatable bonds is 13. The van der Waals surface area contributed by atoms with E-state index in [4.69, 9.17) is 21.1 Å². The highest BCUT2D eigenvalue weighted by molar-refractivity contribution is 7.92. The number of nitrogens with one attached hydrogen (secondary N) is 1. The zero-order valence-electron chi connectivity index (χ0n) is 20.4. The first-order valence-corrected chi connectivity index (χ1v) is 14.0. The van der Waals surface area contributed by atoms with Gasteiger partial charge in [0, 0.05) is 18.0 Å². The van der Waals surface area contributed by atoms with Crippen LogP contribution in [0.4, 0.5) is 5.69 Å². The lowest BCUT2D eigenvalue weighted by atomic mass is 10.2. The third kappa shape index (κ3) is 8.46. The molecule has 0 spiro atoms. The zero-order chi connectivity index (χ0) is 26.0. The Morgan fingerprint density at radius 3 is 2.39 bits per heavy atom. The van der Waals surface area contributed by atoms with E-state index in [1.807, 2.05) is 42.5 Å². The number of anilines is 1. The van der Waals surface area contributed by atoms with Crippen molar-refractivity contribution in [3.63, 3.8) is 0 Å². The predicted octanol–water partition coefficient (Wildman–Crippen LogP) is 5.44. The van der Waals surface area contributed by atoms with Gasteiger partial charge in [-0.15, -0.1) is 0 Å². The normalized spacial score (nSPS) is 11.1. The van der Waals surface area contributed by atoms with E-state index in [1.54, 1.807) is 30.3 Å². The lowest BCUT2D eigenvalue weighted by Crippen LogP contribution is -2.33. The number of nitrogens with zero attached hydrogens (tertiary/aromatic N) is 1. The Kier molecular flexibility index (Phi) is 10.0. The van der Waals surface area contributed by atoms with Crippen LogP contribution in [0.5, 0.6) is 17.2 Å². The summed E-state index contributed by atoms with van der Waals surface area (Å²) in [7, 11) is -3.66. The lowest BCUT2D eigenvalue weighted by molar-refractivity contribution is -0.121. The smallest absolute Gasteiger partial charge is 0.232 e. The number of hydrogen-bond donors (Lipinski definition) is 1. The average molecular weight is 531 g/mol. The molecule has 192 valence electrons. The summed E-state index contributed by atoms with van der Waals surface area (Å²) in [5.74, 6) is 1.49. The Labute approximate surface area is 218 Å². The van der Waals surface area contributed by atoms with Crippen molar-refractivity contribution in [1.82, 2.24) is 5.32 Å². The van der Waals surface area contributed by atoms with Crippen LogP contribution in [0.3, 0.4) is 0 Å². The van der Waals surface area contributed by atoms with E-state index in [9.17, 15) is 13.2 Å². The summed E-state index contributed by atoms with van der Waals surface area (Å²) in [5.41, 5.74) is 1.55.